The van der Waals surface area contributed by atoms with Crippen molar-refractivity contribution in [1.82, 2.24) is 5.43 Å². The first-order valence-electron chi connectivity index (χ1n) is 6.23. The van der Waals surface area contributed by atoms with Crippen LogP contribution in [0.5, 0.6) is 11.5 Å². The molecule has 1 amide bonds. The number of amides is 1. The molecule has 0 radical (unpaired) electrons. The van der Waals surface area contributed by atoms with E-state index in [9.17, 15) is 9.90 Å². The van der Waals surface area contributed by atoms with Crippen LogP contribution in [0.3, 0.4) is 0 Å². The molecule has 0 atom stereocenters. The normalized spacial score (nSPS) is 10.6. The predicted molar refractivity (Wildman–Crippen MR) is 85.8 cm³/mol. The van der Waals surface area contributed by atoms with E-state index in [0.29, 0.717) is 21.4 Å². The Morgan fingerprint density at radius 2 is 2.00 bits per heavy atom. The van der Waals surface area contributed by atoms with Crippen LogP contribution in [0.15, 0.2) is 47.6 Å². The molecule has 2 aromatic carbocycles. The molecule has 5 nitrogen and oxygen atoms in total. The SMILES string of the molecule is O=C(COc1cccc(Cl)c1)N/N=C\c1cc(Cl)ccc1O. The lowest BCUT2D eigenvalue weighted by molar-refractivity contribution is -0.123. The molecule has 114 valence electrons. The smallest absolute Gasteiger partial charge is 0.277 e. The van der Waals surface area contributed by atoms with Gasteiger partial charge in [0.05, 0.1) is 6.21 Å². The molecule has 2 rings (SSSR count). The van der Waals surface area contributed by atoms with Crippen LogP contribution in [0, 0.1) is 0 Å². The Kier molecular flexibility index (Phi) is 5.63. The number of aromatic hydroxyl groups is 1. The van der Waals surface area contributed by atoms with Gasteiger partial charge >= 0.3 is 0 Å². The van der Waals surface area contributed by atoms with E-state index in [1.807, 2.05) is 0 Å². The second-order valence-corrected chi connectivity index (χ2v) is 5.12. The summed E-state index contributed by atoms with van der Waals surface area (Å²) >= 11 is 11.6. The van der Waals surface area contributed by atoms with Crippen molar-refractivity contribution < 1.29 is 14.6 Å². The Bertz CT molecular complexity index is 705. The third-order valence-electron chi connectivity index (χ3n) is 2.55. The molecule has 7 heteroatoms. The number of hydrazone groups is 1. The minimum absolute atomic E-state index is 0.0116. The molecule has 0 saturated heterocycles. The lowest BCUT2D eigenvalue weighted by Gasteiger charge is -2.05. The average Bonchev–Trinajstić information content (AvgIpc) is 2.49. The van der Waals surface area contributed by atoms with E-state index in [4.69, 9.17) is 27.9 Å². The number of nitrogens with zero attached hydrogens (tertiary/aromatic N) is 1. The maximum atomic E-state index is 11.6. The Morgan fingerprint density at radius 1 is 1.23 bits per heavy atom. The zero-order chi connectivity index (χ0) is 15.9. The summed E-state index contributed by atoms with van der Waals surface area (Å²) in [5.74, 6) is 0.0504. The minimum Gasteiger partial charge on any atom is -0.507 e. The molecule has 0 saturated carbocycles. The van der Waals surface area contributed by atoms with Crippen molar-refractivity contribution in [1.29, 1.82) is 0 Å². The monoisotopic (exact) mass is 338 g/mol. The van der Waals surface area contributed by atoms with Gasteiger partial charge in [-0.05, 0) is 36.4 Å². The van der Waals surface area contributed by atoms with Crippen molar-refractivity contribution in [3.05, 3.63) is 58.1 Å². The molecule has 0 unspecified atom stereocenters. The van der Waals surface area contributed by atoms with Crippen LogP contribution in [-0.2, 0) is 4.79 Å². The second-order valence-electron chi connectivity index (χ2n) is 4.24. The van der Waals surface area contributed by atoms with Gasteiger partial charge < -0.3 is 9.84 Å². The van der Waals surface area contributed by atoms with E-state index < -0.39 is 5.91 Å². The van der Waals surface area contributed by atoms with Gasteiger partial charge in [-0.1, -0.05) is 29.3 Å². The summed E-state index contributed by atoms with van der Waals surface area (Å²) in [5, 5.41) is 14.3. The lowest BCUT2D eigenvalue weighted by Crippen LogP contribution is -2.24. The molecular formula is C15H12Cl2N2O3. The minimum atomic E-state index is -0.447. The molecule has 0 aliphatic heterocycles. The highest BCUT2D eigenvalue weighted by Gasteiger charge is 2.03. The zero-order valence-electron chi connectivity index (χ0n) is 11.3. The highest BCUT2D eigenvalue weighted by Crippen LogP contribution is 2.19. The molecule has 0 heterocycles. The van der Waals surface area contributed by atoms with Gasteiger partial charge in [0, 0.05) is 15.6 Å². The number of hydrogen-bond donors (Lipinski definition) is 2. The first kappa shape index (κ1) is 16.1. The van der Waals surface area contributed by atoms with Gasteiger partial charge in [0.1, 0.15) is 11.5 Å². The van der Waals surface area contributed by atoms with E-state index in [1.165, 1.54) is 18.3 Å². The molecule has 0 bridgehead atoms. The van der Waals surface area contributed by atoms with Crippen molar-refractivity contribution in [2.45, 2.75) is 0 Å². The number of nitrogens with one attached hydrogen (secondary N) is 1. The van der Waals surface area contributed by atoms with Crippen molar-refractivity contribution >= 4 is 35.3 Å². The fraction of sp³-hybridized carbons (Fsp3) is 0.0667. The average molecular weight is 339 g/mol. The Labute approximate surface area is 137 Å². The van der Waals surface area contributed by atoms with Crippen molar-refractivity contribution in [3.8, 4) is 11.5 Å². The first-order valence-corrected chi connectivity index (χ1v) is 6.99. The van der Waals surface area contributed by atoms with Crippen LogP contribution < -0.4 is 10.2 Å². The topological polar surface area (TPSA) is 70.9 Å². The second kappa shape index (κ2) is 7.68. The molecule has 0 aromatic heterocycles. The summed E-state index contributed by atoms with van der Waals surface area (Å²) in [6.07, 6.45) is 1.29. The van der Waals surface area contributed by atoms with Gasteiger partial charge in [-0.3, -0.25) is 4.79 Å². The zero-order valence-corrected chi connectivity index (χ0v) is 12.8. The number of rotatable bonds is 5. The third-order valence-corrected chi connectivity index (χ3v) is 3.02. The Balaban J connectivity index is 1.85. The first-order chi connectivity index (χ1) is 10.5. The van der Waals surface area contributed by atoms with Gasteiger partial charge in [0.25, 0.3) is 5.91 Å². The molecule has 0 fully saturated rings. The summed E-state index contributed by atoms with van der Waals surface area (Å²) in [5.41, 5.74) is 2.67. The lowest BCUT2D eigenvalue weighted by atomic mass is 10.2. The quantitative estimate of drug-likeness (QED) is 0.649. The number of benzene rings is 2. The summed E-state index contributed by atoms with van der Waals surface area (Å²) in [6, 6.07) is 11.2. The fourth-order valence-electron chi connectivity index (χ4n) is 1.54. The van der Waals surface area contributed by atoms with E-state index in [-0.39, 0.29) is 12.4 Å². The van der Waals surface area contributed by atoms with Gasteiger partial charge in [0.15, 0.2) is 6.61 Å². The summed E-state index contributed by atoms with van der Waals surface area (Å²) in [7, 11) is 0. The molecule has 0 aliphatic rings. The molecular weight excluding hydrogens is 327 g/mol. The molecule has 0 aliphatic carbocycles. The van der Waals surface area contributed by atoms with E-state index in [2.05, 4.69) is 10.5 Å². The number of hydrogen-bond acceptors (Lipinski definition) is 4. The van der Waals surface area contributed by atoms with Crippen molar-refractivity contribution in [3.63, 3.8) is 0 Å². The van der Waals surface area contributed by atoms with Crippen LogP contribution in [0.25, 0.3) is 0 Å². The largest absolute Gasteiger partial charge is 0.507 e. The number of carbonyl (C=O) groups excluding carboxylic acids is 1. The molecule has 2 aromatic rings. The van der Waals surface area contributed by atoms with Crippen LogP contribution in [-0.4, -0.2) is 23.8 Å². The highest BCUT2D eigenvalue weighted by molar-refractivity contribution is 6.31. The van der Waals surface area contributed by atoms with Gasteiger partial charge in [0.2, 0.25) is 0 Å². The third kappa shape index (κ3) is 4.95. The van der Waals surface area contributed by atoms with Crippen molar-refractivity contribution in [2.75, 3.05) is 6.61 Å². The maximum absolute atomic E-state index is 11.6. The maximum Gasteiger partial charge on any atom is 0.277 e. The summed E-state index contributed by atoms with van der Waals surface area (Å²) in [4.78, 5) is 11.6. The van der Waals surface area contributed by atoms with Crippen LogP contribution in [0.2, 0.25) is 10.0 Å². The number of phenols is 1. The molecule has 0 spiro atoms. The van der Waals surface area contributed by atoms with E-state index in [1.54, 1.807) is 30.3 Å². The molecule has 22 heavy (non-hydrogen) atoms. The van der Waals surface area contributed by atoms with Gasteiger partial charge in [-0.2, -0.15) is 5.10 Å². The fourth-order valence-corrected chi connectivity index (χ4v) is 1.90. The number of phenolic OH excluding ortho intramolecular Hbond substituents is 1. The van der Waals surface area contributed by atoms with Crippen LogP contribution >= 0.6 is 23.2 Å². The summed E-state index contributed by atoms with van der Waals surface area (Å²) in [6.45, 7) is -0.209. The highest BCUT2D eigenvalue weighted by atomic mass is 35.5. The number of carbonyl (C=O) groups is 1. The van der Waals surface area contributed by atoms with Gasteiger partial charge in [-0.25, -0.2) is 5.43 Å². The van der Waals surface area contributed by atoms with Gasteiger partial charge in [-0.15, -0.1) is 0 Å². The van der Waals surface area contributed by atoms with Crippen molar-refractivity contribution in [2.24, 2.45) is 5.10 Å². The summed E-state index contributed by atoms with van der Waals surface area (Å²) < 4.78 is 5.25. The standard InChI is InChI=1S/C15H12Cl2N2O3/c16-11-2-1-3-13(7-11)22-9-15(21)19-18-8-10-6-12(17)4-5-14(10)20/h1-8,20H,9H2,(H,19,21)/b18-8-. The predicted octanol–water partition coefficient (Wildman–Crippen LogP) is 3.23. The Hall–Kier alpha value is -2.24. The number of ether oxygens (including phenoxy) is 1. The number of halogens is 2. The van der Waals surface area contributed by atoms with E-state index in [0.717, 1.165) is 0 Å². The van der Waals surface area contributed by atoms with Crippen LogP contribution in [0.1, 0.15) is 5.56 Å². The molecule has 2 N–H and O–H groups in total. The van der Waals surface area contributed by atoms with Crippen LogP contribution in [0.4, 0.5) is 0 Å². The van der Waals surface area contributed by atoms with E-state index >= 15 is 0 Å². The Morgan fingerprint density at radius 3 is 2.77 bits per heavy atom.